The van der Waals surface area contributed by atoms with Crippen LogP contribution in [0, 0.1) is 5.92 Å². The first-order chi connectivity index (χ1) is 11.5. The second-order valence-corrected chi connectivity index (χ2v) is 5.92. The fourth-order valence-corrected chi connectivity index (χ4v) is 3.03. The van der Waals surface area contributed by atoms with Crippen LogP contribution in [-0.2, 0) is 19.1 Å². The number of aliphatic carboxylic acids is 1. The molecule has 6 heteroatoms. The van der Waals surface area contributed by atoms with E-state index in [1.807, 2.05) is 37.3 Å². The van der Waals surface area contributed by atoms with E-state index in [-0.39, 0.29) is 18.4 Å². The van der Waals surface area contributed by atoms with Crippen LogP contribution < -0.4 is 0 Å². The number of carbonyl (C=O) groups excluding carboxylic acids is 1. The Bertz CT molecular complexity index is 548. The molecule has 132 valence electrons. The van der Waals surface area contributed by atoms with Crippen molar-refractivity contribution in [3.05, 3.63) is 35.9 Å². The molecule has 1 aliphatic rings. The van der Waals surface area contributed by atoms with E-state index in [4.69, 9.17) is 9.47 Å². The van der Waals surface area contributed by atoms with Crippen LogP contribution in [-0.4, -0.2) is 60.9 Å². The predicted molar refractivity (Wildman–Crippen MR) is 88.8 cm³/mol. The van der Waals surface area contributed by atoms with Crippen molar-refractivity contribution in [3.8, 4) is 0 Å². The molecular weight excluding hydrogens is 310 g/mol. The number of carboxylic acids is 1. The summed E-state index contributed by atoms with van der Waals surface area (Å²) in [6.07, 6.45) is -0.602. The minimum absolute atomic E-state index is 0.170. The van der Waals surface area contributed by atoms with Crippen LogP contribution in [0.15, 0.2) is 30.3 Å². The molecule has 2 rings (SSSR count). The SMILES string of the molecule is CCOCCOC(C)C(=O)N1C[C@H](C(=O)O)[C@H](c2ccccc2)C1. The van der Waals surface area contributed by atoms with E-state index in [0.717, 1.165) is 5.56 Å². The van der Waals surface area contributed by atoms with Crippen molar-refractivity contribution in [1.82, 2.24) is 4.90 Å². The summed E-state index contributed by atoms with van der Waals surface area (Å²) < 4.78 is 10.7. The number of benzene rings is 1. The lowest BCUT2D eigenvalue weighted by Gasteiger charge is -2.21. The Morgan fingerprint density at radius 3 is 2.58 bits per heavy atom. The topological polar surface area (TPSA) is 76.1 Å². The zero-order valence-corrected chi connectivity index (χ0v) is 14.2. The number of carbonyl (C=O) groups is 2. The van der Waals surface area contributed by atoms with Crippen molar-refractivity contribution < 1.29 is 24.2 Å². The summed E-state index contributed by atoms with van der Waals surface area (Å²) in [4.78, 5) is 25.7. The highest BCUT2D eigenvalue weighted by atomic mass is 16.5. The lowest BCUT2D eigenvalue weighted by molar-refractivity contribution is -0.144. The average Bonchev–Trinajstić information content (AvgIpc) is 3.04. The van der Waals surface area contributed by atoms with Gasteiger partial charge in [-0.25, -0.2) is 0 Å². The molecule has 1 heterocycles. The van der Waals surface area contributed by atoms with Gasteiger partial charge in [0, 0.05) is 25.6 Å². The highest BCUT2D eigenvalue weighted by Gasteiger charge is 2.41. The van der Waals surface area contributed by atoms with Crippen LogP contribution in [0.2, 0.25) is 0 Å². The van der Waals surface area contributed by atoms with Gasteiger partial charge in [-0.15, -0.1) is 0 Å². The summed E-state index contributed by atoms with van der Waals surface area (Å²) in [5.41, 5.74) is 0.949. The fraction of sp³-hybridized carbons (Fsp3) is 0.556. The van der Waals surface area contributed by atoms with Crippen LogP contribution in [0.5, 0.6) is 0 Å². The molecule has 1 aromatic rings. The number of hydrogen-bond acceptors (Lipinski definition) is 4. The van der Waals surface area contributed by atoms with Gasteiger partial charge >= 0.3 is 5.97 Å². The summed E-state index contributed by atoms with van der Waals surface area (Å²) in [5, 5.41) is 9.50. The van der Waals surface area contributed by atoms with Crippen molar-refractivity contribution in [2.75, 3.05) is 32.9 Å². The molecule has 0 spiro atoms. The number of rotatable bonds is 8. The maximum Gasteiger partial charge on any atom is 0.308 e. The molecule has 0 aliphatic carbocycles. The third-order valence-corrected chi connectivity index (χ3v) is 4.32. The van der Waals surface area contributed by atoms with E-state index >= 15 is 0 Å². The number of ether oxygens (including phenoxy) is 2. The normalized spacial score (nSPS) is 21.7. The first-order valence-electron chi connectivity index (χ1n) is 8.30. The highest BCUT2D eigenvalue weighted by molar-refractivity contribution is 5.82. The minimum Gasteiger partial charge on any atom is -0.481 e. The molecule has 3 atom stereocenters. The predicted octanol–water partition coefficient (Wildman–Crippen LogP) is 1.75. The Labute approximate surface area is 142 Å². The van der Waals surface area contributed by atoms with Gasteiger partial charge in [0.05, 0.1) is 19.1 Å². The van der Waals surface area contributed by atoms with E-state index in [2.05, 4.69) is 0 Å². The first kappa shape index (κ1) is 18.4. The smallest absolute Gasteiger partial charge is 0.308 e. The molecule has 1 aromatic carbocycles. The van der Waals surface area contributed by atoms with Crippen molar-refractivity contribution in [2.24, 2.45) is 5.92 Å². The molecule has 1 saturated heterocycles. The third-order valence-electron chi connectivity index (χ3n) is 4.32. The number of likely N-dealkylation sites (tertiary alicyclic amines) is 1. The average molecular weight is 335 g/mol. The van der Waals surface area contributed by atoms with Gasteiger partial charge in [-0.2, -0.15) is 0 Å². The lowest BCUT2D eigenvalue weighted by atomic mass is 9.89. The van der Waals surface area contributed by atoms with E-state index in [1.165, 1.54) is 0 Å². The fourth-order valence-electron chi connectivity index (χ4n) is 3.03. The Kier molecular flexibility index (Phi) is 6.75. The van der Waals surface area contributed by atoms with E-state index < -0.39 is 18.0 Å². The Balaban J connectivity index is 1.99. The minimum atomic E-state index is -0.871. The Hall–Kier alpha value is -1.92. The molecule has 0 aromatic heterocycles. The molecule has 1 aliphatic heterocycles. The quantitative estimate of drug-likeness (QED) is 0.733. The number of amides is 1. The standard InChI is InChI=1S/C18H25NO5/c1-3-23-9-10-24-13(2)17(20)19-11-15(16(12-19)18(21)22)14-7-5-4-6-8-14/h4-8,13,15-16H,3,9-12H2,1-2H3,(H,21,22)/t13?,15-,16-/m0/s1. The van der Waals surface area contributed by atoms with Crippen LogP contribution in [0.3, 0.4) is 0 Å². The maximum absolute atomic E-state index is 12.5. The van der Waals surface area contributed by atoms with Crippen molar-refractivity contribution in [3.63, 3.8) is 0 Å². The first-order valence-corrected chi connectivity index (χ1v) is 8.30. The van der Waals surface area contributed by atoms with Crippen LogP contribution >= 0.6 is 0 Å². The third kappa shape index (κ3) is 4.55. The number of nitrogens with zero attached hydrogens (tertiary/aromatic N) is 1. The number of carboxylic acid groups (broad SMARTS) is 1. The maximum atomic E-state index is 12.5. The highest BCUT2D eigenvalue weighted by Crippen LogP contribution is 2.33. The largest absolute Gasteiger partial charge is 0.481 e. The molecule has 0 radical (unpaired) electrons. The summed E-state index contributed by atoms with van der Waals surface area (Å²) in [6, 6.07) is 9.50. The van der Waals surface area contributed by atoms with Gasteiger partial charge in [-0.1, -0.05) is 30.3 Å². The summed E-state index contributed by atoms with van der Waals surface area (Å²) in [6.45, 7) is 5.61. The molecule has 1 unspecified atom stereocenters. The molecule has 0 bridgehead atoms. The van der Waals surface area contributed by atoms with Crippen molar-refractivity contribution in [1.29, 1.82) is 0 Å². The summed E-state index contributed by atoms with van der Waals surface area (Å²) in [7, 11) is 0. The summed E-state index contributed by atoms with van der Waals surface area (Å²) in [5.74, 6) is -1.82. The molecule has 0 saturated carbocycles. The zero-order valence-electron chi connectivity index (χ0n) is 14.2. The van der Waals surface area contributed by atoms with Gasteiger partial charge in [-0.3, -0.25) is 9.59 Å². The Morgan fingerprint density at radius 1 is 1.25 bits per heavy atom. The van der Waals surface area contributed by atoms with Crippen molar-refractivity contribution >= 4 is 11.9 Å². The van der Waals surface area contributed by atoms with Gasteiger partial charge in [0.25, 0.3) is 5.91 Å². The molecule has 1 fully saturated rings. The monoisotopic (exact) mass is 335 g/mol. The van der Waals surface area contributed by atoms with Crippen LogP contribution in [0.4, 0.5) is 0 Å². The molecule has 1 N–H and O–H groups in total. The van der Waals surface area contributed by atoms with Crippen LogP contribution in [0.25, 0.3) is 0 Å². The lowest BCUT2D eigenvalue weighted by Crippen LogP contribution is -2.38. The van der Waals surface area contributed by atoms with Gasteiger partial charge in [0.2, 0.25) is 0 Å². The second-order valence-electron chi connectivity index (χ2n) is 5.92. The number of hydrogen-bond donors (Lipinski definition) is 1. The Morgan fingerprint density at radius 2 is 1.96 bits per heavy atom. The van der Waals surface area contributed by atoms with Gasteiger partial charge in [0.15, 0.2) is 0 Å². The van der Waals surface area contributed by atoms with Gasteiger partial charge < -0.3 is 19.5 Å². The zero-order chi connectivity index (χ0) is 17.5. The van der Waals surface area contributed by atoms with Crippen LogP contribution in [0.1, 0.15) is 25.3 Å². The molecule has 24 heavy (non-hydrogen) atoms. The summed E-state index contributed by atoms with van der Waals surface area (Å²) >= 11 is 0. The van der Waals surface area contributed by atoms with E-state index in [0.29, 0.717) is 26.4 Å². The van der Waals surface area contributed by atoms with E-state index in [9.17, 15) is 14.7 Å². The molecule has 6 nitrogen and oxygen atoms in total. The van der Waals surface area contributed by atoms with Gasteiger partial charge in [-0.05, 0) is 19.4 Å². The molecule has 1 amide bonds. The second kappa shape index (κ2) is 8.80. The van der Waals surface area contributed by atoms with Gasteiger partial charge in [0.1, 0.15) is 6.10 Å². The van der Waals surface area contributed by atoms with Crippen molar-refractivity contribution in [2.45, 2.75) is 25.9 Å². The molecular formula is C18H25NO5. The van der Waals surface area contributed by atoms with E-state index in [1.54, 1.807) is 11.8 Å².